The van der Waals surface area contributed by atoms with Gasteiger partial charge in [0.25, 0.3) is 0 Å². The van der Waals surface area contributed by atoms with Gasteiger partial charge in [0.2, 0.25) is 0 Å². The third-order valence-electron chi connectivity index (χ3n) is 7.56. The van der Waals surface area contributed by atoms with Gasteiger partial charge in [-0.25, -0.2) is 4.98 Å². The van der Waals surface area contributed by atoms with Gasteiger partial charge in [-0.3, -0.25) is 14.9 Å². The van der Waals surface area contributed by atoms with E-state index in [1.807, 2.05) is 12.3 Å². The summed E-state index contributed by atoms with van der Waals surface area (Å²) in [6, 6.07) is 26.0. The summed E-state index contributed by atoms with van der Waals surface area (Å²) < 4.78 is 0. The zero-order valence-corrected chi connectivity index (χ0v) is 24.9. The summed E-state index contributed by atoms with van der Waals surface area (Å²) in [6.07, 6.45) is 5.33. The third-order valence-corrected chi connectivity index (χ3v) is 7.56. The molecule has 0 spiro atoms. The number of pyridine rings is 2. The van der Waals surface area contributed by atoms with Crippen molar-refractivity contribution >= 4 is 28.0 Å². The standard InChI is InChI=1S/C33H36N6.BrH/c1-23-16-24(2)36-28(17-23)20-34-19-25-8-5-9-26(18-25)21-39(22-32-37-29-12-3-4-13-30(29)38-32)31-14-6-10-27-11-7-15-35-33(27)31;/h3-5,7-9,11-13,15-18,31,34H,6,10,14,19-22H2,1-2H3,(H,37,38);1H. The summed E-state index contributed by atoms with van der Waals surface area (Å²) in [5, 5.41) is 3.58. The van der Waals surface area contributed by atoms with Crippen LogP contribution in [0.3, 0.4) is 0 Å². The summed E-state index contributed by atoms with van der Waals surface area (Å²) in [7, 11) is 0. The highest BCUT2D eigenvalue weighted by molar-refractivity contribution is 8.93. The number of para-hydroxylation sites is 2. The highest BCUT2D eigenvalue weighted by Gasteiger charge is 2.28. The molecule has 3 heterocycles. The molecule has 7 heteroatoms. The van der Waals surface area contributed by atoms with E-state index >= 15 is 0 Å². The van der Waals surface area contributed by atoms with Crippen molar-refractivity contribution in [1.29, 1.82) is 0 Å². The van der Waals surface area contributed by atoms with Crippen molar-refractivity contribution in [2.24, 2.45) is 0 Å². The minimum absolute atomic E-state index is 0. The molecule has 0 fully saturated rings. The average molecular weight is 598 g/mol. The summed E-state index contributed by atoms with van der Waals surface area (Å²) >= 11 is 0. The van der Waals surface area contributed by atoms with E-state index in [4.69, 9.17) is 9.97 Å². The Morgan fingerprint density at radius 2 is 1.77 bits per heavy atom. The van der Waals surface area contributed by atoms with E-state index in [9.17, 15) is 0 Å². The van der Waals surface area contributed by atoms with E-state index in [2.05, 4.69) is 101 Å². The maximum absolute atomic E-state index is 4.91. The van der Waals surface area contributed by atoms with Crippen molar-refractivity contribution in [3.05, 3.63) is 124 Å². The van der Waals surface area contributed by atoms with Gasteiger partial charge in [-0.1, -0.05) is 42.5 Å². The van der Waals surface area contributed by atoms with E-state index in [-0.39, 0.29) is 23.0 Å². The van der Waals surface area contributed by atoms with Crippen LogP contribution in [0.1, 0.15) is 64.0 Å². The first kappa shape index (κ1) is 28.1. The Balaban J connectivity index is 0.00000323. The maximum atomic E-state index is 4.91. The Bertz CT molecular complexity index is 1530. The number of aryl methyl sites for hydroxylation is 3. The molecule has 40 heavy (non-hydrogen) atoms. The highest BCUT2D eigenvalue weighted by Crippen LogP contribution is 2.34. The van der Waals surface area contributed by atoms with Gasteiger partial charge in [0.05, 0.1) is 35.0 Å². The lowest BCUT2D eigenvalue weighted by atomic mass is 9.90. The number of fused-ring (bicyclic) bond motifs is 2. The van der Waals surface area contributed by atoms with Crippen LogP contribution in [0.25, 0.3) is 11.0 Å². The molecule has 2 aromatic carbocycles. The molecule has 0 bridgehead atoms. The topological polar surface area (TPSA) is 69.7 Å². The van der Waals surface area contributed by atoms with E-state index in [0.717, 1.165) is 67.3 Å². The SMILES string of the molecule is Br.Cc1cc(C)nc(CNCc2cccc(CN(Cc3nc4ccccc4[nH]3)C3CCCc4cccnc43)c2)c1. The van der Waals surface area contributed by atoms with Crippen LogP contribution >= 0.6 is 17.0 Å². The molecule has 206 valence electrons. The second-order valence-electron chi connectivity index (χ2n) is 10.8. The number of halogens is 1. The third kappa shape index (κ3) is 6.66. The van der Waals surface area contributed by atoms with Crippen molar-refractivity contribution in [2.45, 2.75) is 65.3 Å². The lowest BCUT2D eigenvalue weighted by Crippen LogP contribution is -2.32. The van der Waals surface area contributed by atoms with Crippen molar-refractivity contribution in [2.75, 3.05) is 0 Å². The smallest absolute Gasteiger partial charge is 0.121 e. The monoisotopic (exact) mass is 596 g/mol. The van der Waals surface area contributed by atoms with Crippen LogP contribution in [0.5, 0.6) is 0 Å². The number of aromatic amines is 1. The largest absolute Gasteiger partial charge is 0.341 e. The van der Waals surface area contributed by atoms with Crippen LogP contribution in [0.15, 0.2) is 79.0 Å². The second-order valence-corrected chi connectivity index (χ2v) is 10.8. The molecule has 1 unspecified atom stereocenters. The van der Waals surface area contributed by atoms with Crippen LogP contribution in [-0.2, 0) is 32.6 Å². The zero-order chi connectivity index (χ0) is 26.6. The Morgan fingerprint density at radius 3 is 2.65 bits per heavy atom. The number of hydrogen-bond acceptors (Lipinski definition) is 5. The highest BCUT2D eigenvalue weighted by atomic mass is 79.9. The van der Waals surface area contributed by atoms with E-state index in [1.54, 1.807) is 0 Å². The normalized spacial score (nSPS) is 14.7. The number of imidazole rings is 1. The van der Waals surface area contributed by atoms with Crippen LogP contribution < -0.4 is 5.32 Å². The van der Waals surface area contributed by atoms with Crippen LogP contribution in [0.2, 0.25) is 0 Å². The van der Waals surface area contributed by atoms with Crippen LogP contribution in [0, 0.1) is 13.8 Å². The molecule has 0 aliphatic heterocycles. The van der Waals surface area contributed by atoms with Gasteiger partial charge >= 0.3 is 0 Å². The Hall–Kier alpha value is -3.39. The fourth-order valence-corrected chi connectivity index (χ4v) is 5.91. The van der Waals surface area contributed by atoms with E-state index in [0.29, 0.717) is 0 Å². The fourth-order valence-electron chi connectivity index (χ4n) is 5.91. The molecule has 1 aliphatic carbocycles. The molecule has 0 saturated carbocycles. The molecule has 1 atom stereocenters. The van der Waals surface area contributed by atoms with Crippen molar-refractivity contribution in [3.63, 3.8) is 0 Å². The molecule has 0 radical (unpaired) electrons. The van der Waals surface area contributed by atoms with Gasteiger partial charge < -0.3 is 10.3 Å². The van der Waals surface area contributed by atoms with Gasteiger partial charge in [-0.2, -0.15) is 0 Å². The van der Waals surface area contributed by atoms with Crippen LogP contribution in [0.4, 0.5) is 0 Å². The minimum atomic E-state index is 0. The van der Waals surface area contributed by atoms with Crippen molar-refractivity contribution in [1.82, 2.24) is 30.2 Å². The van der Waals surface area contributed by atoms with Crippen molar-refractivity contribution < 1.29 is 0 Å². The first-order valence-corrected chi connectivity index (χ1v) is 13.9. The molecular formula is C33H37BrN6. The Kier molecular flexibility index (Phi) is 9.04. The Labute approximate surface area is 247 Å². The number of benzene rings is 2. The van der Waals surface area contributed by atoms with Gasteiger partial charge in [-0.05, 0) is 85.7 Å². The van der Waals surface area contributed by atoms with E-state index in [1.165, 1.54) is 34.4 Å². The quantitative estimate of drug-likeness (QED) is 0.193. The van der Waals surface area contributed by atoms with Crippen LogP contribution in [-0.4, -0.2) is 24.8 Å². The molecule has 3 aromatic heterocycles. The number of rotatable bonds is 9. The maximum Gasteiger partial charge on any atom is 0.121 e. The summed E-state index contributed by atoms with van der Waals surface area (Å²) in [4.78, 5) is 20.5. The minimum Gasteiger partial charge on any atom is -0.341 e. The molecule has 6 nitrogen and oxygen atoms in total. The predicted octanol–water partition coefficient (Wildman–Crippen LogP) is 6.92. The molecule has 1 aliphatic rings. The summed E-state index contributed by atoms with van der Waals surface area (Å²) in [6.45, 7) is 7.33. The zero-order valence-electron chi connectivity index (χ0n) is 23.2. The number of aromatic nitrogens is 4. The molecular weight excluding hydrogens is 560 g/mol. The fraction of sp³-hybridized carbons (Fsp3) is 0.303. The number of H-pyrrole nitrogens is 1. The summed E-state index contributed by atoms with van der Waals surface area (Å²) in [5.41, 5.74) is 10.7. The van der Waals surface area contributed by atoms with Gasteiger partial charge in [-0.15, -0.1) is 17.0 Å². The van der Waals surface area contributed by atoms with E-state index < -0.39 is 0 Å². The number of hydrogen-bond donors (Lipinski definition) is 2. The van der Waals surface area contributed by atoms with Gasteiger partial charge in [0, 0.05) is 31.5 Å². The first-order chi connectivity index (χ1) is 19.1. The molecule has 5 aromatic rings. The van der Waals surface area contributed by atoms with Crippen molar-refractivity contribution in [3.8, 4) is 0 Å². The lowest BCUT2D eigenvalue weighted by Gasteiger charge is -2.34. The first-order valence-electron chi connectivity index (χ1n) is 13.9. The average Bonchev–Trinajstić information content (AvgIpc) is 3.35. The van der Waals surface area contributed by atoms with Gasteiger partial charge in [0.1, 0.15) is 5.82 Å². The number of nitrogens with one attached hydrogen (secondary N) is 2. The lowest BCUT2D eigenvalue weighted by molar-refractivity contribution is 0.153. The summed E-state index contributed by atoms with van der Waals surface area (Å²) in [5.74, 6) is 0.998. The molecule has 0 amide bonds. The molecule has 2 N–H and O–H groups in total. The molecule has 6 rings (SSSR count). The molecule has 0 saturated heterocycles. The number of nitrogens with zero attached hydrogens (tertiary/aromatic N) is 4. The predicted molar refractivity (Wildman–Crippen MR) is 166 cm³/mol. The van der Waals surface area contributed by atoms with Gasteiger partial charge in [0.15, 0.2) is 0 Å². The Morgan fingerprint density at radius 1 is 0.900 bits per heavy atom. The second kappa shape index (κ2) is 12.9.